The number of carbonyl (C=O) groups is 3. The van der Waals surface area contributed by atoms with Gasteiger partial charge in [-0.25, -0.2) is 9.78 Å². The Morgan fingerprint density at radius 1 is 0.872 bits per heavy atom. The van der Waals surface area contributed by atoms with E-state index in [1.165, 1.54) is 31.1 Å². The first-order valence-corrected chi connectivity index (χ1v) is 17.4. The minimum absolute atomic E-state index is 0.0143. The van der Waals surface area contributed by atoms with Crippen LogP contribution in [0.2, 0.25) is 0 Å². The molecule has 2 aliphatic rings. The van der Waals surface area contributed by atoms with Crippen molar-refractivity contribution < 1.29 is 19.1 Å². The summed E-state index contributed by atoms with van der Waals surface area (Å²) in [5, 5.41) is 5.96. The summed E-state index contributed by atoms with van der Waals surface area (Å²) >= 11 is 0. The van der Waals surface area contributed by atoms with Crippen molar-refractivity contribution in [3.05, 3.63) is 59.3 Å². The monoisotopic (exact) mass is 651 g/mol. The topological polar surface area (TPSA) is 104 Å². The summed E-state index contributed by atoms with van der Waals surface area (Å²) in [6.45, 7) is 20.9. The van der Waals surface area contributed by atoms with Gasteiger partial charge in [0.25, 0.3) is 0 Å². The van der Waals surface area contributed by atoms with Crippen molar-refractivity contribution in [2.75, 3.05) is 32.1 Å². The van der Waals surface area contributed by atoms with E-state index in [4.69, 9.17) is 0 Å². The molecular weight excluding hydrogens is 590 g/mol. The normalized spacial score (nSPS) is 19.0. The second-order valence-corrected chi connectivity index (χ2v) is 13.6. The summed E-state index contributed by atoms with van der Waals surface area (Å²) in [7, 11) is 1.30. The van der Waals surface area contributed by atoms with E-state index >= 15 is 0 Å². The van der Waals surface area contributed by atoms with Crippen molar-refractivity contribution in [3.8, 4) is 0 Å². The first kappa shape index (κ1) is 39.6. The number of nitrogens with zero attached hydrogens (tertiary/aromatic N) is 3. The van der Waals surface area contributed by atoms with Crippen LogP contribution in [-0.4, -0.2) is 77.6 Å². The number of aryl methyl sites for hydroxylation is 3. The lowest BCUT2D eigenvalue weighted by atomic mass is 9.92. The van der Waals surface area contributed by atoms with Crippen molar-refractivity contribution in [2.24, 2.45) is 17.8 Å². The summed E-state index contributed by atoms with van der Waals surface area (Å²) < 4.78 is 4.64. The van der Waals surface area contributed by atoms with Crippen molar-refractivity contribution in [1.82, 2.24) is 20.1 Å². The molecule has 0 spiro atoms. The predicted molar refractivity (Wildman–Crippen MR) is 191 cm³/mol. The highest BCUT2D eigenvalue weighted by molar-refractivity contribution is 5.86. The predicted octanol–water partition coefficient (Wildman–Crippen LogP) is 7.16. The second-order valence-electron chi connectivity index (χ2n) is 13.6. The van der Waals surface area contributed by atoms with Gasteiger partial charge in [0.1, 0.15) is 11.9 Å². The number of amides is 3. The lowest BCUT2D eigenvalue weighted by Gasteiger charge is -2.31. The van der Waals surface area contributed by atoms with E-state index in [-0.39, 0.29) is 23.8 Å². The highest BCUT2D eigenvalue weighted by Crippen LogP contribution is 2.24. The highest BCUT2D eigenvalue weighted by atomic mass is 16.5. The second kappa shape index (κ2) is 19.9. The standard InChI is InChI=1S/C18H28N4O3.C12H23NO.C8H10/c1-12(2)16(21-18(24)25-4)17(23)22-9-5-6-14(22)11-20-15-8-7-13(3)10-19-15;1-5-9(2)11(4)12(14)13-8-6-7-10(13)3;1-7-3-5-8(2)6-4-7/h7-8,10,12,14,16H,5-6,9,11H2,1-4H3,(H,19,20)(H,21,24);9-11H,5-8H2,1-4H3;3-6H,1-2H3/t14-,16-;9-,10+,11-;/m00./s1. The molecule has 0 bridgehead atoms. The van der Waals surface area contributed by atoms with Gasteiger partial charge in [-0.05, 0) is 76.8 Å². The number of ether oxygens (including phenoxy) is 1. The molecule has 5 atom stereocenters. The molecule has 4 rings (SSSR count). The minimum Gasteiger partial charge on any atom is -0.453 e. The number of nitrogens with one attached hydrogen (secondary N) is 2. The van der Waals surface area contributed by atoms with Crippen LogP contribution < -0.4 is 10.6 Å². The van der Waals surface area contributed by atoms with E-state index in [2.05, 4.69) is 91.1 Å². The summed E-state index contributed by atoms with van der Waals surface area (Å²) in [6.07, 6.45) is 6.59. The first-order valence-electron chi connectivity index (χ1n) is 17.4. The molecule has 2 N–H and O–H groups in total. The van der Waals surface area contributed by atoms with Gasteiger partial charge in [-0.3, -0.25) is 9.59 Å². The number of aromatic nitrogens is 1. The molecule has 2 aromatic rings. The fourth-order valence-electron chi connectivity index (χ4n) is 5.77. The summed E-state index contributed by atoms with van der Waals surface area (Å²) in [5.41, 5.74) is 3.77. The number of hydrogen-bond acceptors (Lipinski definition) is 6. The molecule has 0 radical (unpaired) electrons. The van der Waals surface area contributed by atoms with Crippen molar-refractivity contribution in [2.45, 2.75) is 113 Å². The van der Waals surface area contributed by atoms with Crippen molar-refractivity contribution >= 4 is 23.7 Å². The SMILES string of the molecule is CC[C@H](C)[C@H](C)C(=O)N1CCC[C@H]1C.COC(=O)N[C@H](C(=O)N1CCC[C@H]1CNc1ccc(C)cn1)C(C)C.Cc1ccc(C)cc1. The van der Waals surface area contributed by atoms with Crippen LogP contribution in [0.5, 0.6) is 0 Å². The Balaban J connectivity index is 0.000000290. The number of pyridine rings is 1. The lowest BCUT2D eigenvalue weighted by molar-refractivity contribution is -0.137. The lowest BCUT2D eigenvalue weighted by Crippen LogP contribution is -2.53. The smallest absolute Gasteiger partial charge is 0.407 e. The van der Waals surface area contributed by atoms with Gasteiger partial charge in [-0.2, -0.15) is 0 Å². The highest BCUT2D eigenvalue weighted by Gasteiger charge is 2.35. The van der Waals surface area contributed by atoms with Gasteiger partial charge in [0.15, 0.2) is 0 Å². The Labute approximate surface area is 284 Å². The molecule has 9 heteroatoms. The van der Waals surface area contributed by atoms with Crippen LogP contribution in [0.1, 0.15) is 90.3 Å². The molecule has 262 valence electrons. The zero-order valence-corrected chi connectivity index (χ0v) is 30.6. The van der Waals surface area contributed by atoms with Crippen LogP contribution in [0.15, 0.2) is 42.6 Å². The molecule has 0 aliphatic carbocycles. The maximum atomic E-state index is 12.9. The number of likely N-dealkylation sites (tertiary alicyclic amines) is 2. The molecule has 47 heavy (non-hydrogen) atoms. The summed E-state index contributed by atoms with van der Waals surface area (Å²) in [5.74, 6) is 1.80. The average molecular weight is 652 g/mol. The molecule has 3 heterocycles. The van der Waals surface area contributed by atoms with E-state index in [1.807, 2.05) is 44.0 Å². The Kier molecular flexibility index (Phi) is 16.8. The molecule has 2 aliphatic heterocycles. The van der Waals surface area contributed by atoms with Gasteiger partial charge in [-0.1, -0.05) is 82.5 Å². The molecule has 1 aromatic carbocycles. The van der Waals surface area contributed by atoms with E-state index in [9.17, 15) is 14.4 Å². The Bertz CT molecular complexity index is 1210. The number of methoxy groups -OCH3 is 1. The van der Waals surface area contributed by atoms with Crippen LogP contribution in [0.4, 0.5) is 10.6 Å². The third kappa shape index (κ3) is 12.8. The van der Waals surface area contributed by atoms with Gasteiger partial charge in [0.05, 0.1) is 7.11 Å². The van der Waals surface area contributed by atoms with Gasteiger partial charge >= 0.3 is 6.09 Å². The number of anilines is 1. The van der Waals surface area contributed by atoms with Gasteiger partial charge in [0.2, 0.25) is 11.8 Å². The summed E-state index contributed by atoms with van der Waals surface area (Å²) in [6, 6.07) is 12.4. The van der Waals surface area contributed by atoms with Crippen LogP contribution in [0, 0.1) is 38.5 Å². The maximum Gasteiger partial charge on any atom is 0.407 e. The molecular formula is C38H61N5O4. The zero-order chi connectivity index (χ0) is 35.1. The number of hydrogen-bond donors (Lipinski definition) is 2. The number of alkyl carbamates (subject to hydrolysis) is 1. The van der Waals surface area contributed by atoms with Crippen LogP contribution in [-0.2, 0) is 14.3 Å². The van der Waals surface area contributed by atoms with Crippen LogP contribution in [0.25, 0.3) is 0 Å². The molecule has 2 fully saturated rings. The number of rotatable bonds is 9. The minimum atomic E-state index is -0.579. The van der Waals surface area contributed by atoms with E-state index in [0.29, 0.717) is 31.0 Å². The fourth-order valence-corrected chi connectivity index (χ4v) is 5.77. The van der Waals surface area contributed by atoms with Gasteiger partial charge in [-0.15, -0.1) is 0 Å². The summed E-state index contributed by atoms with van der Waals surface area (Å²) in [4.78, 5) is 44.8. The Morgan fingerprint density at radius 3 is 1.94 bits per heavy atom. The molecule has 2 saturated heterocycles. The fraction of sp³-hybridized carbons (Fsp3) is 0.632. The quantitative estimate of drug-likeness (QED) is 0.298. The molecule has 3 amide bonds. The largest absolute Gasteiger partial charge is 0.453 e. The van der Waals surface area contributed by atoms with E-state index < -0.39 is 12.1 Å². The van der Waals surface area contributed by atoms with E-state index in [1.54, 1.807) is 0 Å². The van der Waals surface area contributed by atoms with Crippen molar-refractivity contribution in [3.63, 3.8) is 0 Å². The zero-order valence-electron chi connectivity index (χ0n) is 30.6. The molecule has 9 nitrogen and oxygen atoms in total. The third-order valence-corrected chi connectivity index (χ3v) is 9.42. The van der Waals surface area contributed by atoms with Crippen LogP contribution >= 0.6 is 0 Å². The van der Waals surface area contributed by atoms with Gasteiger partial charge < -0.3 is 25.2 Å². The number of benzene rings is 1. The molecule has 0 unspecified atom stereocenters. The maximum absolute atomic E-state index is 12.9. The third-order valence-electron chi connectivity index (χ3n) is 9.42. The van der Waals surface area contributed by atoms with Gasteiger partial charge in [0, 0.05) is 43.8 Å². The Hall–Kier alpha value is -3.62. The van der Waals surface area contributed by atoms with Crippen molar-refractivity contribution in [1.29, 1.82) is 0 Å². The van der Waals surface area contributed by atoms with Crippen LogP contribution in [0.3, 0.4) is 0 Å². The number of carbonyl (C=O) groups excluding carboxylic acids is 3. The molecule has 1 aromatic heterocycles. The average Bonchev–Trinajstić information content (AvgIpc) is 3.72. The Morgan fingerprint density at radius 2 is 1.45 bits per heavy atom. The first-order chi connectivity index (χ1) is 22.3. The molecule has 0 saturated carbocycles. The van der Waals surface area contributed by atoms with E-state index in [0.717, 1.165) is 37.2 Å².